The van der Waals surface area contributed by atoms with Gasteiger partial charge in [-0.1, -0.05) is 18.6 Å². The van der Waals surface area contributed by atoms with Gasteiger partial charge in [-0.25, -0.2) is 0 Å². The Morgan fingerprint density at radius 2 is 1.12 bits per heavy atom. The van der Waals surface area contributed by atoms with Crippen LogP contribution in [0.3, 0.4) is 0 Å². The third-order valence-electron chi connectivity index (χ3n) is 11.6. The number of benzene rings is 1. The first-order chi connectivity index (χ1) is 19.6. The molecule has 4 fully saturated rings. The third-order valence-corrected chi connectivity index (χ3v) is 11.6. The molecular weight excluding hydrogens is 502 g/mol. The van der Waals surface area contributed by atoms with E-state index in [4.69, 9.17) is 9.47 Å². The Balaban J connectivity index is 0.999. The molecule has 0 heterocycles. The smallest absolute Gasteiger partial charge is 0.204 e. The van der Waals surface area contributed by atoms with E-state index in [-0.39, 0.29) is 11.5 Å². The molecule has 1 aromatic rings. The van der Waals surface area contributed by atoms with Crippen LogP contribution < -0.4 is 9.47 Å². The first-order valence-corrected chi connectivity index (χ1v) is 16.9. The summed E-state index contributed by atoms with van der Waals surface area (Å²) in [7, 11) is 0. The average molecular weight is 557 g/mol. The van der Waals surface area contributed by atoms with Crippen LogP contribution in [0.5, 0.6) is 11.5 Å². The highest BCUT2D eigenvalue weighted by molar-refractivity contribution is 5.35. The molecule has 224 valence electrons. The lowest BCUT2D eigenvalue weighted by Gasteiger charge is -2.46. The number of allylic oxidation sites excluding steroid dienone is 2. The maximum Gasteiger partial charge on any atom is 0.204 e. The SMILES string of the molecule is CC=CCCC1CCC2CC(C3CCC(C4CCC(COc5ccc(OCC)c(F)c5F)CC4)CC3)CCC2C1. The van der Waals surface area contributed by atoms with Gasteiger partial charge in [0.05, 0.1) is 13.2 Å². The van der Waals surface area contributed by atoms with E-state index in [9.17, 15) is 8.78 Å². The van der Waals surface area contributed by atoms with Crippen LogP contribution in [0.25, 0.3) is 0 Å². The van der Waals surface area contributed by atoms with E-state index in [2.05, 4.69) is 19.1 Å². The van der Waals surface area contributed by atoms with Crippen LogP contribution in [0.4, 0.5) is 8.78 Å². The summed E-state index contributed by atoms with van der Waals surface area (Å²) in [5.41, 5.74) is 0. The maximum atomic E-state index is 14.4. The Hall–Kier alpha value is -1.58. The molecule has 0 aliphatic heterocycles. The molecule has 4 unspecified atom stereocenters. The van der Waals surface area contributed by atoms with E-state index in [1.165, 1.54) is 102 Å². The highest BCUT2D eigenvalue weighted by Crippen LogP contribution is 2.51. The van der Waals surface area contributed by atoms with Crippen molar-refractivity contribution >= 4 is 0 Å². The lowest BCUT2D eigenvalue weighted by Crippen LogP contribution is -2.35. The van der Waals surface area contributed by atoms with Crippen LogP contribution in [0, 0.1) is 59.0 Å². The second kappa shape index (κ2) is 14.5. The minimum atomic E-state index is -0.949. The summed E-state index contributed by atoms with van der Waals surface area (Å²) >= 11 is 0. The molecule has 4 aliphatic rings. The van der Waals surface area contributed by atoms with E-state index in [0.29, 0.717) is 19.1 Å². The summed E-state index contributed by atoms with van der Waals surface area (Å²) < 4.78 is 39.4. The van der Waals surface area contributed by atoms with Gasteiger partial charge < -0.3 is 9.47 Å². The van der Waals surface area contributed by atoms with Gasteiger partial charge in [0.1, 0.15) is 0 Å². The molecule has 1 aromatic carbocycles. The first-order valence-electron chi connectivity index (χ1n) is 16.9. The van der Waals surface area contributed by atoms with Crippen molar-refractivity contribution in [2.75, 3.05) is 13.2 Å². The molecule has 2 nitrogen and oxygen atoms in total. The van der Waals surface area contributed by atoms with Crippen molar-refractivity contribution < 1.29 is 18.3 Å². The normalized spacial score (nSPS) is 34.9. The molecule has 0 aromatic heterocycles. The van der Waals surface area contributed by atoms with Gasteiger partial charge >= 0.3 is 0 Å². The molecule has 0 radical (unpaired) electrons. The van der Waals surface area contributed by atoms with Crippen LogP contribution in [0.2, 0.25) is 0 Å². The van der Waals surface area contributed by atoms with Crippen molar-refractivity contribution in [3.05, 3.63) is 35.9 Å². The summed E-state index contributed by atoms with van der Waals surface area (Å²) in [6.07, 6.45) is 26.9. The summed E-state index contributed by atoms with van der Waals surface area (Å²) in [4.78, 5) is 0. The largest absolute Gasteiger partial charge is 0.491 e. The number of hydrogen-bond acceptors (Lipinski definition) is 2. The van der Waals surface area contributed by atoms with Crippen LogP contribution in [-0.4, -0.2) is 13.2 Å². The Morgan fingerprint density at radius 3 is 1.75 bits per heavy atom. The lowest BCUT2D eigenvalue weighted by atomic mass is 9.60. The molecule has 5 rings (SSSR count). The van der Waals surface area contributed by atoms with E-state index >= 15 is 0 Å². The number of rotatable bonds is 10. The van der Waals surface area contributed by atoms with Crippen LogP contribution in [0.15, 0.2) is 24.3 Å². The van der Waals surface area contributed by atoms with Gasteiger partial charge in [-0.2, -0.15) is 8.78 Å². The highest BCUT2D eigenvalue weighted by atomic mass is 19.2. The van der Waals surface area contributed by atoms with Gasteiger partial charge in [0, 0.05) is 0 Å². The third kappa shape index (κ3) is 7.43. The molecular formula is C36H54F2O2. The second-order valence-corrected chi connectivity index (χ2v) is 13.8. The Labute approximate surface area is 242 Å². The highest BCUT2D eigenvalue weighted by Gasteiger charge is 2.39. The Bertz CT molecular complexity index is 944. The predicted octanol–water partition coefficient (Wildman–Crippen LogP) is 10.5. The minimum absolute atomic E-state index is 0.00729. The zero-order valence-electron chi connectivity index (χ0n) is 25.2. The minimum Gasteiger partial charge on any atom is -0.491 e. The number of fused-ring (bicyclic) bond motifs is 1. The first kappa shape index (κ1) is 29.9. The summed E-state index contributed by atoms with van der Waals surface area (Å²) in [6.45, 7) is 4.69. The molecule has 4 saturated carbocycles. The van der Waals surface area contributed by atoms with Crippen molar-refractivity contribution in [1.29, 1.82) is 0 Å². The summed E-state index contributed by atoms with van der Waals surface area (Å²) in [5, 5.41) is 0. The standard InChI is InChI=1S/C36H54F2O2/c1-3-5-6-7-25-8-13-32-23-31(19-18-30(32)22-25)29-16-14-28(15-17-29)27-11-9-26(10-12-27)24-40-34-21-20-33(39-4-2)35(37)36(34)38/h3,5,20-21,25-32H,4,6-19,22-24H2,1-2H3. The van der Waals surface area contributed by atoms with Crippen molar-refractivity contribution in [2.24, 2.45) is 47.3 Å². The van der Waals surface area contributed by atoms with E-state index in [0.717, 1.165) is 54.3 Å². The Morgan fingerprint density at radius 1 is 0.650 bits per heavy atom. The van der Waals surface area contributed by atoms with Crippen molar-refractivity contribution in [1.82, 2.24) is 0 Å². The van der Waals surface area contributed by atoms with Gasteiger partial charge in [0.25, 0.3) is 0 Å². The zero-order chi connectivity index (χ0) is 27.9. The van der Waals surface area contributed by atoms with E-state index in [1.807, 2.05) is 0 Å². The van der Waals surface area contributed by atoms with Crippen LogP contribution in [-0.2, 0) is 0 Å². The van der Waals surface area contributed by atoms with Gasteiger partial charge in [-0.15, -0.1) is 0 Å². The van der Waals surface area contributed by atoms with Crippen LogP contribution in [0.1, 0.15) is 117 Å². The lowest BCUT2D eigenvalue weighted by molar-refractivity contribution is 0.0491. The molecule has 0 N–H and O–H groups in total. The van der Waals surface area contributed by atoms with Gasteiger partial charge in [0.2, 0.25) is 11.6 Å². The fraction of sp³-hybridized carbons (Fsp3) is 0.778. The molecule has 4 atom stereocenters. The van der Waals surface area contributed by atoms with Gasteiger partial charge in [-0.05, 0) is 170 Å². The Kier molecular flexibility index (Phi) is 10.9. The molecule has 0 bridgehead atoms. The van der Waals surface area contributed by atoms with E-state index in [1.54, 1.807) is 6.92 Å². The van der Waals surface area contributed by atoms with Crippen molar-refractivity contribution in [3.8, 4) is 11.5 Å². The number of ether oxygens (including phenoxy) is 2. The van der Waals surface area contributed by atoms with Gasteiger partial charge in [0.15, 0.2) is 11.5 Å². The monoisotopic (exact) mass is 556 g/mol. The molecule has 4 aliphatic carbocycles. The van der Waals surface area contributed by atoms with E-state index < -0.39 is 11.6 Å². The summed E-state index contributed by atoms with van der Waals surface area (Å²) in [6, 6.07) is 2.96. The molecule has 0 amide bonds. The zero-order valence-corrected chi connectivity index (χ0v) is 25.2. The topological polar surface area (TPSA) is 18.5 Å². The fourth-order valence-corrected chi connectivity index (χ4v) is 9.23. The number of halogens is 2. The average Bonchev–Trinajstić information content (AvgIpc) is 2.99. The predicted molar refractivity (Wildman–Crippen MR) is 160 cm³/mol. The maximum absolute atomic E-state index is 14.4. The molecule has 4 heteroatoms. The summed E-state index contributed by atoms with van der Waals surface area (Å²) in [5.74, 6) is 5.30. The molecule has 0 saturated heterocycles. The molecule has 40 heavy (non-hydrogen) atoms. The van der Waals surface area contributed by atoms with Crippen LogP contribution >= 0.6 is 0 Å². The quantitative estimate of drug-likeness (QED) is 0.267. The van der Waals surface area contributed by atoms with Crippen molar-refractivity contribution in [3.63, 3.8) is 0 Å². The second-order valence-electron chi connectivity index (χ2n) is 13.8. The van der Waals surface area contributed by atoms with Crippen molar-refractivity contribution in [2.45, 2.75) is 117 Å². The fourth-order valence-electron chi connectivity index (χ4n) is 9.23. The molecule has 0 spiro atoms. The van der Waals surface area contributed by atoms with Gasteiger partial charge in [-0.3, -0.25) is 0 Å². The number of hydrogen-bond donors (Lipinski definition) is 0.